The van der Waals surface area contributed by atoms with E-state index >= 15 is 0 Å². The van der Waals surface area contributed by atoms with Crippen LogP contribution in [0.4, 0.5) is 0 Å². The van der Waals surface area contributed by atoms with E-state index in [4.69, 9.17) is 0 Å². The van der Waals surface area contributed by atoms with Gasteiger partial charge in [-0.25, -0.2) is 4.98 Å². The number of aromatic nitrogens is 3. The number of nitrogens with zero attached hydrogens (tertiary/aromatic N) is 2. The molecule has 13 heavy (non-hydrogen) atoms. The fourth-order valence-corrected chi connectivity index (χ4v) is 2.34. The van der Waals surface area contributed by atoms with Gasteiger partial charge in [-0.3, -0.25) is 9.89 Å². The van der Waals surface area contributed by atoms with Crippen molar-refractivity contribution in [1.29, 1.82) is 0 Å². The average molecular weight is 258 g/mol. The number of thiophene rings is 1. The first-order valence-electron chi connectivity index (χ1n) is 3.41. The molecule has 0 aliphatic rings. The number of halogens is 1. The maximum atomic E-state index is 11.6. The van der Waals surface area contributed by atoms with Gasteiger partial charge in [0.2, 0.25) is 5.78 Å². The third-order valence-corrected chi connectivity index (χ3v) is 3.19. The molecule has 6 heteroatoms. The normalized spacial score (nSPS) is 10.2. The van der Waals surface area contributed by atoms with E-state index in [0.717, 1.165) is 4.47 Å². The quantitative estimate of drug-likeness (QED) is 0.836. The summed E-state index contributed by atoms with van der Waals surface area (Å²) in [6.45, 7) is 0. The molecule has 2 aromatic rings. The third-order valence-electron chi connectivity index (χ3n) is 1.49. The zero-order chi connectivity index (χ0) is 9.26. The van der Waals surface area contributed by atoms with Crippen molar-refractivity contribution in [2.45, 2.75) is 0 Å². The van der Waals surface area contributed by atoms with E-state index in [1.165, 1.54) is 17.7 Å². The van der Waals surface area contributed by atoms with E-state index in [1.54, 1.807) is 5.38 Å². The van der Waals surface area contributed by atoms with Gasteiger partial charge in [-0.2, -0.15) is 16.4 Å². The van der Waals surface area contributed by atoms with E-state index in [2.05, 4.69) is 31.1 Å². The third kappa shape index (κ3) is 1.54. The van der Waals surface area contributed by atoms with Crippen molar-refractivity contribution in [1.82, 2.24) is 15.2 Å². The van der Waals surface area contributed by atoms with Crippen molar-refractivity contribution in [2.75, 3.05) is 0 Å². The summed E-state index contributed by atoms with van der Waals surface area (Å²) < 4.78 is 0.791. The molecule has 0 saturated carbocycles. The molecule has 1 N–H and O–H groups in total. The minimum Gasteiger partial charge on any atom is -0.285 e. The van der Waals surface area contributed by atoms with Gasteiger partial charge in [0, 0.05) is 15.2 Å². The van der Waals surface area contributed by atoms with Crippen LogP contribution >= 0.6 is 27.3 Å². The van der Waals surface area contributed by atoms with Crippen molar-refractivity contribution >= 4 is 33.0 Å². The SMILES string of the molecule is O=C(c1ncn[nH]1)c1cscc1Br. The molecule has 0 bridgehead atoms. The van der Waals surface area contributed by atoms with Gasteiger partial charge in [-0.1, -0.05) is 0 Å². The number of hydrogen-bond acceptors (Lipinski definition) is 4. The first-order chi connectivity index (χ1) is 6.29. The maximum Gasteiger partial charge on any atom is 0.231 e. The van der Waals surface area contributed by atoms with Crippen LogP contribution in [0.5, 0.6) is 0 Å². The smallest absolute Gasteiger partial charge is 0.231 e. The van der Waals surface area contributed by atoms with E-state index < -0.39 is 0 Å². The summed E-state index contributed by atoms with van der Waals surface area (Å²) in [6, 6.07) is 0. The molecule has 0 aliphatic carbocycles. The molecule has 0 aromatic carbocycles. The summed E-state index contributed by atoms with van der Waals surface area (Å²) in [7, 11) is 0. The first-order valence-corrected chi connectivity index (χ1v) is 5.14. The van der Waals surface area contributed by atoms with Crippen LogP contribution in [0.15, 0.2) is 21.6 Å². The molecule has 0 aliphatic heterocycles. The van der Waals surface area contributed by atoms with Crippen LogP contribution in [-0.2, 0) is 0 Å². The Hall–Kier alpha value is -1.01. The Morgan fingerprint density at radius 3 is 2.92 bits per heavy atom. The van der Waals surface area contributed by atoms with Crippen LogP contribution in [0.25, 0.3) is 0 Å². The van der Waals surface area contributed by atoms with Gasteiger partial charge in [0.25, 0.3) is 0 Å². The maximum absolute atomic E-state index is 11.6. The lowest BCUT2D eigenvalue weighted by molar-refractivity contribution is 0.102. The lowest BCUT2D eigenvalue weighted by Crippen LogP contribution is -2.02. The topological polar surface area (TPSA) is 58.6 Å². The van der Waals surface area contributed by atoms with Crippen LogP contribution in [0.3, 0.4) is 0 Å². The lowest BCUT2D eigenvalue weighted by Gasteiger charge is -1.92. The molecule has 0 unspecified atom stereocenters. The Kier molecular flexibility index (Phi) is 2.24. The number of hydrogen-bond donors (Lipinski definition) is 1. The van der Waals surface area contributed by atoms with Crippen LogP contribution in [0.1, 0.15) is 16.2 Å². The molecule has 0 atom stereocenters. The van der Waals surface area contributed by atoms with Crippen LogP contribution in [0.2, 0.25) is 0 Å². The molecule has 4 nitrogen and oxygen atoms in total. The Balaban J connectivity index is 2.39. The molecular weight excluding hydrogens is 254 g/mol. The summed E-state index contributed by atoms with van der Waals surface area (Å²) >= 11 is 4.74. The van der Waals surface area contributed by atoms with Crippen molar-refractivity contribution in [3.8, 4) is 0 Å². The molecule has 2 aromatic heterocycles. The summed E-state index contributed by atoms with van der Waals surface area (Å²) in [5.74, 6) is 0.115. The molecule has 0 radical (unpaired) electrons. The van der Waals surface area contributed by atoms with E-state index in [1.807, 2.05) is 5.38 Å². The Bertz CT molecular complexity index is 423. The number of nitrogens with one attached hydrogen (secondary N) is 1. The Morgan fingerprint density at radius 2 is 2.38 bits per heavy atom. The fourth-order valence-electron chi connectivity index (χ4n) is 0.886. The summed E-state index contributed by atoms with van der Waals surface area (Å²) in [4.78, 5) is 15.4. The predicted octanol–water partition coefficient (Wildman–Crippen LogP) is 1.86. The second-order valence-corrected chi connectivity index (χ2v) is 3.89. The highest BCUT2D eigenvalue weighted by molar-refractivity contribution is 9.10. The molecule has 0 spiro atoms. The molecule has 0 fully saturated rings. The van der Waals surface area contributed by atoms with Crippen LogP contribution in [-0.4, -0.2) is 21.0 Å². The number of H-pyrrole nitrogens is 1. The number of ketones is 1. The molecule has 2 rings (SSSR count). The summed E-state index contributed by atoms with van der Waals surface area (Å²) in [6.07, 6.45) is 1.31. The van der Waals surface area contributed by atoms with Gasteiger partial charge < -0.3 is 0 Å². The van der Waals surface area contributed by atoms with Crippen molar-refractivity contribution < 1.29 is 4.79 Å². The molecule has 2 heterocycles. The molecular formula is C7H4BrN3OS. The summed E-state index contributed by atoms with van der Waals surface area (Å²) in [5.41, 5.74) is 0.613. The van der Waals surface area contributed by atoms with Crippen LogP contribution in [0, 0.1) is 0 Å². The molecule has 66 valence electrons. The van der Waals surface area contributed by atoms with Crippen molar-refractivity contribution in [3.05, 3.63) is 32.9 Å². The lowest BCUT2D eigenvalue weighted by atomic mass is 10.2. The molecule has 0 amide bonds. The zero-order valence-corrected chi connectivity index (χ0v) is 8.72. The highest BCUT2D eigenvalue weighted by atomic mass is 79.9. The standard InChI is InChI=1S/C7H4BrN3OS/c8-5-2-13-1-4(5)6(12)7-9-3-10-11-7/h1-3H,(H,9,10,11). The highest BCUT2D eigenvalue weighted by Gasteiger charge is 2.15. The van der Waals surface area contributed by atoms with Gasteiger partial charge in [0.1, 0.15) is 6.33 Å². The zero-order valence-electron chi connectivity index (χ0n) is 6.32. The number of carbonyl (C=O) groups is 1. The monoisotopic (exact) mass is 257 g/mol. The van der Waals surface area contributed by atoms with E-state index in [9.17, 15) is 4.79 Å². The minimum atomic E-state index is -0.148. The van der Waals surface area contributed by atoms with Gasteiger partial charge in [-0.05, 0) is 15.9 Å². The van der Waals surface area contributed by atoms with Gasteiger partial charge in [0.05, 0.1) is 5.56 Å². The summed E-state index contributed by atoms with van der Waals surface area (Å²) in [5, 5.41) is 9.76. The first kappa shape index (κ1) is 8.58. The average Bonchev–Trinajstić information content (AvgIpc) is 2.72. The van der Waals surface area contributed by atoms with Crippen molar-refractivity contribution in [3.63, 3.8) is 0 Å². The number of carbonyl (C=O) groups excluding carboxylic acids is 1. The van der Waals surface area contributed by atoms with E-state index in [0.29, 0.717) is 5.56 Å². The Labute approximate surface area is 86.1 Å². The number of rotatable bonds is 2. The molecule has 0 saturated heterocycles. The van der Waals surface area contributed by atoms with E-state index in [-0.39, 0.29) is 11.6 Å². The van der Waals surface area contributed by atoms with Gasteiger partial charge >= 0.3 is 0 Å². The second kappa shape index (κ2) is 3.39. The second-order valence-electron chi connectivity index (χ2n) is 2.30. The van der Waals surface area contributed by atoms with Crippen molar-refractivity contribution in [2.24, 2.45) is 0 Å². The number of aromatic amines is 1. The highest BCUT2D eigenvalue weighted by Crippen LogP contribution is 2.22. The largest absolute Gasteiger partial charge is 0.285 e. The Morgan fingerprint density at radius 1 is 1.54 bits per heavy atom. The van der Waals surface area contributed by atoms with Gasteiger partial charge in [0.15, 0.2) is 5.82 Å². The minimum absolute atomic E-state index is 0.148. The predicted molar refractivity (Wildman–Crippen MR) is 51.8 cm³/mol. The fraction of sp³-hybridized carbons (Fsp3) is 0. The van der Waals surface area contributed by atoms with Gasteiger partial charge in [-0.15, -0.1) is 0 Å². The van der Waals surface area contributed by atoms with Crippen LogP contribution < -0.4 is 0 Å².